The van der Waals surface area contributed by atoms with Gasteiger partial charge in [-0.2, -0.15) is 0 Å². The van der Waals surface area contributed by atoms with E-state index in [0.717, 1.165) is 62.2 Å². The van der Waals surface area contributed by atoms with Crippen LogP contribution in [0.4, 0.5) is 0 Å². The summed E-state index contributed by atoms with van der Waals surface area (Å²) in [5.74, 6) is 0.831. The minimum Gasteiger partial charge on any atom is -0.381 e. The molecule has 1 saturated heterocycles. The van der Waals surface area contributed by atoms with Gasteiger partial charge in [0, 0.05) is 56.7 Å². The second kappa shape index (κ2) is 12.6. The molecule has 1 unspecified atom stereocenters. The van der Waals surface area contributed by atoms with Crippen LogP contribution in [-0.4, -0.2) is 49.8 Å². The van der Waals surface area contributed by atoms with Crippen molar-refractivity contribution in [3.63, 3.8) is 0 Å². The number of aryl methyl sites for hydroxylation is 1. The van der Waals surface area contributed by atoms with Gasteiger partial charge in [0.2, 0.25) is 0 Å². The maximum absolute atomic E-state index is 5.64. The number of guanidine groups is 1. The third-order valence-electron chi connectivity index (χ3n) is 5.43. The van der Waals surface area contributed by atoms with Crippen molar-refractivity contribution in [2.45, 2.75) is 44.7 Å². The second-order valence-corrected chi connectivity index (χ2v) is 8.69. The molecule has 3 rings (SSSR count). The number of halogens is 1. The standard InChI is InChI=1S/C22H33N5OS.HI/c1-17(19-7-5-4-6-8-19)27-22(10-13-28-14-11-22)16-25-21(23-3)24-12-9-20-15-29-18(2)26-20;/h4-8,15,17,27H,9-14,16H2,1-3H3,(H2,23,24,25);1H. The van der Waals surface area contributed by atoms with Gasteiger partial charge < -0.3 is 20.7 Å². The van der Waals surface area contributed by atoms with Gasteiger partial charge in [-0.1, -0.05) is 30.3 Å². The van der Waals surface area contributed by atoms with Crippen molar-refractivity contribution in [2.24, 2.45) is 4.99 Å². The second-order valence-electron chi connectivity index (χ2n) is 7.63. The molecule has 0 bridgehead atoms. The molecule has 1 aliphatic heterocycles. The first-order valence-corrected chi connectivity index (χ1v) is 11.2. The molecule has 0 aliphatic carbocycles. The third kappa shape index (κ3) is 7.47. The minimum absolute atomic E-state index is 0. The largest absolute Gasteiger partial charge is 0.381 e. The predicted octanol–water partition coefficient (Wildman–Crippen LogP) is 3.68. The summed E-state index contributed by atoms with van der Waals surface area (Å²) in [4.78, 5) is 8.91. The van der Waals surface area contributed by atoms with Crippen LogP contribution >= 0.6 is 35.3 Å². The van der Waals surface area contributed by atoms with Gasteiger partial charge in [0.05, 0.1) is 10.7 Å². The van der Waals surface area contributed by atoms with E-state index in [4.69, 9.17) is 4.74 Å². The molecule has 1 aliphatic rings. The number of aromatic nitrogens is 1. The lowest BCUT2D eigenvalue weighted by Crippen LogP contribution is -2.58. The Balaban J connectivity index is 0.00000320. The quantitative estimate of drug-likeness (QED) is 0.269. The molecule has 30 heavy (non-hydrogen) atoms. The number of benzene rings is 1. The van der Waals surface area contributed by atoms with Gasteiger partial charge in [-0.05, 0) is 32.3 Å². The molecular weight excluding hydrogens is 509 g/mol. The van der Waals surface area contributed by atoms with Gasteiger partial charge in [0.1, 0.15) is 0 Å². The van der Waals surface area contributed by atoms with Crippen LogP contribution in [0.2, 0.25) is 0 Å². The smallest absolute Gasteiger partial charge is 0.191 e. The van der Waals surface area contributed by atoms with Gasteiger partial charge in [0.15, 0.2) is 5.96 Å². The Morgan fingerprint density at radius 2 is 1.97 bits per heavy atom. The zero-order valence-corrected chi connectivity index (χ0v) is 21.3. The molecule has 1 atom stereocenters. The third-order valence-corrected chi connectivity index (χ3v) is 6.25. The highest BCUT2D eigenvalue weighted by molar-refractivity contribution is 14.0. The molecule has 0 saturated carbocycles. The van der Waals surface area contributed by atoms with Crippen LogP contribution in [0.15, 0.2) is 40.7 Å². The summed E-state index contributed by atoms with van der Waals surface area (Å²) in [7, 11) is 1.82. The van der Waals surface area contributed by atoms with Crippen LogP contribution in [0.25, 0.3) is 0 Å². The predicted molar refractivity (Wildman–Crippen MR) is 136 cm³/mol. The SMILES string of the molecule is CN=C(NCCc1csc(C)n1)NCC1(NC(C)c2ccccc2)CCOCC1.I. The average Bonchev–Trinajstić information content (AvgIpc) is 3.17. The molecule has 3 N–H and O–H groups in total. The highest BCUT2D eigenvalue weighted by Gasteiger charge is 2.34. The Hall–Kier alpha value is -1.23. The van der Waals surface area contributed by atoms with Gasteiger partial charge in [-0.15, -0.1) is 35.3 Å². The Morgan fingerprint density at radius 1 is 1.23 bits per heavy atom. The zero-order valence-electron chi connectivity index (χ0n) is 18.1. The molecule has 2 heterocycles. The molecule has 0 radical (unpaired) electrons. The maximum Gasteiger partial charge on any atom is 0.191 e. The van der Waals surface area contributed by atoms with Crippen molar-refractivity contribution in [3.05, 3.63) is 52.0 Å². The summed E-state index contributed by atoms with van der Waals surface area (Å²) in [5.41, 5.74) is 2.42. The van der Waals surface area contributed by atoms with E-state index in [1.54, 1.807) is 11.3 Å². The Kier molecular flexibility index (Phi) is 10.5. The number of nitrogens with one attached hydrogen (secondary N) is 3. The first kappa shape index (κ1) is 25.0. The first-order valence-electron chi connectivity index (χ1n) is 10.4. The van der Waals surface area contributed by atoms with E-state index in [9.17, 15) is 0 Å². The fourth-order valence-electron chi connectivity index (χ4n) is 3.72. The lowest BCUT2D eigenvalue weighted by molar-refractivity contribution is 0.0355. The number of nitrogens with zero attached hydrogens (tertiary/aromatic N) is 2. The maximum atomic E-state index is 5.64. The lowest BCUT2D eigenvalue weighted by Gasteiger charge is -2.41. The van der Waals surface area contributed by atoms with Gasteiger partial charge in [-0.3, -0.25) is 4.99 Å². The Labute approximate surface area is 201 Å². The summed E-state index contributed by atoms with van der Waals surface area (Å²) < 4.78 is 5.64. The van der Waals surface area contributed by atoms with E-state index in [0.29, 0.717) is 0 Å². The number of rotatable bonds is 8. The molecule has 0 amide bonds. The van der Waals surface area contributed by atoms with Crippen molar-refractivity contribution < 1.29 is 4.74 Å². The zero-order chi connectivity index (χ0) is 20.5. The first-order chi connectivity index (χ1) is 14.1. The van der Waals surface area contributed by atoms with Crippen LogP contribution < -0.4 is 16.0 Å². The van der Waals surface area contributed by atoms with E-state index in [2.05, 4.69) is 68.6 Å². The summed E-state index contributed by atoms with van der Waals surface area (Å²) >= 11 is 1.70. The molecule has 0 spiro atoms. The number of thiazole rings is 1. The Bertz CT molecular complexity index is 777. The molecule has 1 fully saturated rings. The van der Waals surface area contributed by atoms with Crippen molar-refractivity contribution in [1.82, 2.24) is 20.9 Å². The number of hydrogen-bond donors (Lipinski definition) is 3. The minimum atomic E-state index is -0.0167. The van der Waals surface area contributed by atoms with Crippen LogP contribution in [0, 0.1) is 6.92 Å². The monoisotopic (exact) mass is 543 g/mol. The van der Waals surface area contributed by atoms with Crippen LogP contribution in [0.1, 0.15) is 42.1 Å². The molecule has 8 heteroatoms. The Morgan fingerprint density at radius 3 is 2.60 bits per heavy atom. The number of ether oxygens (including phenoxy) is 1. The summed E-state index contributed by atoms with van der Waals surface area (Å²) in [6.45, 7) is 7.46. The van der Waals surface area contributed by atoms with Crippen molar-refractivity contribution in [3.8, 4) is 0 Å². The molecule has 1 aromatic carbocycles. The molecular formula is C22H34IN5OS. The van der Waals surface area contributed by atoms with E-state index < -0.39 is 0 Å². The van der Waals surface area contributed by atoms with Gasteiger partial charge in [0.25, 0.3) is 0 Å². The van der Waals surface area contributed by atoms with Crippen LogP contribution in [-0.2, 0) is 11.2 Å². The van der Waals surface area contributed by atoms with E-state index in [-0.39, 0.29) is 35.6 Å². The highest BCUT2D eigenvalue weighted by atomic mass is 127. The molecule has 6 nitrogen and oxygen atoms in total. The number of hydrogen-bond acceptors (Lipinski definition) is 5. The average molecular weight is 544 g/mol. The van der Waals surface area contributed by atoms with Gasteiger partial charge in [-0.25, -0.2) is 4.98 Å². The van der Waals surface area contributed by atoms with Crippen molar-refractivity contribution in [2.75, 3.05) is 33.4 Å². The molecule has 1 aromatic heterocycles. The summed E-state index contributed by atoms with van der Waals surface area (Å²) in [6.07, 6.45) is 2.85. The molecule has 166 valence electrons. The number of aliphatic imine (C=N–C) groups is 1. The van der Waals surface area contributed by atoms with Crippen LogP contribution in [0.3, 0.4) is 0 Å². The fourth-order valence-corrected chi connectivity index (χ4v) is 4.37. The topological polar surface area (TPSA) is 70.6 Å². The van der Waals surface area contributed by atoms with Crippen LogP contribution in [0.5, 0.6) is 0 Å². The fraction of sp³-hybridized carbons (Fsp3) is 0.545. The normalized spacial score (nSPS) is 17.1. The van der Waals surface area contributed by atoms with Crippen molar-refractivity contribution >= 4 is 41.3 Å². The summed E-state index contributed by atoms with van der Waals surface area (Å²) in [5, 5.41) is 14.1. The van der Waals surface area contributed by atoms with E-state index in [1.165, 1.54) is 5.56 Å². The van der Waals surface area contributed by atoms with E-state index in [1.807, 2.05) is 14.0 Å². The van der Waals surface area contributed by atoms with Crippen molar-refractivity contribution in [1.29, 1.82) is 0 Å². The lowest BCUT2D eigenvalue weighted by atomic mass is 9.88. The molecule has 2 aromatic rings. The summed E-state index contributed by atoms with van der Waals surface area (Å²) in [6, 6.07) is 10.9. The van der Waals surface area contributed by atoms with Gasteiger partial charge >= 0.3 is 0 Å². The van der Waals surface area contributed by atoms with E-state index >= 15 is 0 Å². The highest BCUT2D eigenvalue weighted by Crippen LogP contribution is 2.25.